The second-order valence-electron chi connectivity index (χ2n) is 6.68. The van der Waals surface area contributed by atoms with Gasteiger partial charge in [-0.25, -0.2) is 4.98 Å². The predicted molar refractivity (Wildman–Crippen MR) is 115 cm³/mol. The Morgan fingerprint density at radius 1 is 1.34 bits per heavy atom. The van der Waals surface area contributed by atoms with E-state index < -0.39 is 11.8 Å². The lowest BCUT2D eigenvalue weighted by molar-refractivity contribution is -0.121. The highest BCUT2D eigenvalue weighted by Crippen LogP contribution is 2.27. The molecule has 29 heavy (non-hydrogen) atoms. The number of amides is 2. The lowest BCUT2D eigenvalue weighted by Crippen LogP contribution is -2.37. The molecule has 1 aromatic carbocycles. The average molecular weight is 430 g/mol. The van der Waals surface area contributed by atoms with Crippen LogP contribution in [0.15, 0.2) is 46.9 Å². The van der Waals surface area contributed by atoms with Crippen molar-refractivity contribution in [3.63, 3.8) is 0 Å². The zero-order chi connectivity index (χ0) is 20.8. The van der Waals surface area contributed by atoms with Gasteiger partial charge < -0.3 is 11.1 Å². The number of rotatable bonds is 9. The molecule has 0 radical (unpaired) electrons. The van der Waals surface area contributed by atoms with E-state index in [1.165, 1.54) is 0 Å². The minimum absolute atomic E-state index is 0.174. The van der Waals surface area contributed by atoms with Gasteiger partial charge in [0.2, 0.25) is 5.91 Å². The van der Waals surface area contributed by atoms with E-state index in [1.54, 1.807) is 40.0 Å². The number of thioether (sulfide) groups is 1. The first-order valence-electron chi connectivity index (χ1n) is 9.10. The normalized spacial score (nSPS) is 11.9. The van der Waals surface area contributed by atoms with Crippen LogP contribution in [0, 0.1) is 12.8 Å². The first-order valence-corrected chi connectivity index (χ1v) is 11.0. The van der Waals surface area contributed by atoms with Crippen molar-refractivity contribution in [2.45, 2.75) is 24.0 Å². The molecule has 0 spiro atoms. The number of hydrogen-bond donors (Lipinski definition) is 2. The zero-order valence-corrected chi connectivity index (χ0v) is 17.9. The average Bonchev–Trinajstić information content (AvgIpc) is 3.30. The van der Waals surface area contributed by atoms with E-state index in [1.807, 2.05) is 43.7 Å². The molecule has 2 amide bonds. The van der Waals surface area contributed by atoms with Gasteiger partial charge in [0.1, 0.15) is 0 Å². The summed E-state index contributed by atoms with van der Waals surface area (Å²) in [5.41, 5.74) is 8.01. The second-order valence-corrected chi connectivity index (χ2v) is 8.76. The van der Waals surface area contributed by atoms with Crippen LogP contribution in [0.2, 0.25) is 0 Å². The van der Waals surface area contributed by atoms with Gasteiger partial charge in [0.25, 0.3) is 5.91 Å². The van der Waals surface area contributed by atoms with Crippen molar-refractivity contribution in [3.8, 4) is 0 Å². The fraction of sp³-hybridized carbons (Fsp3) is 0.300. The van der Waals surface area contributed by atoms with Crippen LogP contribution in [-0.4, -0.2) is 33.1 Å². The molecule has 0 aliphatic carbocycles. The van der Waals surface area contributed by atoms with Gasteiger partial charge in [-0.15, -0.1) is 23.1 Å². The number of nitrogens with two attached hydrogens (primary N) is 1. The predicted octanol–water partition coefficient (Wildman–Crippen LogP) is 2.55. The molecule has 9 heteroatoms. The van der Waals surface area contributed by atoms with E-state index in [2.05, 4.69) is 15.4 Å². The van der Waals surface area contributed by atoms with Crippen molar-refractivity contribution in [3.05, 3.63) is 63.9 Å². The van der Waals surface area contributed by atoms with Crippen LogP contribution in [0.1, 0.15) is 26.6 Å². The molecule has 152 valence electrons. The van der Waals surface area contributed by atoms with Gasteiger partial charge in [0.15, 0.2) is 0 Å². The summed E-state index contributed by atoms with van der Waals surface area (Å²) in [6.07, 6.45) is 3.97. The SMILES string of the molecule is Cc1nc(CSc2ccccc2C(=O)NC[C@H](Cc2cnn(C)c2)C(N)=O)cs1. The summed E-state index contributed by atoms with van der Waals surface area (Å²) in [7, 11) is 1.81. The molecule has 2 aromatic heterocycles. The molecule has 0 aliphatic heterocycles. The molecule has 0 bridgehead atoms. The highest BCUT2D eigenvalue weighted by molar-refractivity contribution is 7.98. The number of aryl methyl sites for hydroxylation is 2. The quantitative estimate of drug-likeness (QED) is 0.509. The van der Waals surface area contributed by atoms with E-state index in [0.717, 1.165) is 21.2 Å². The maximum Gasteiger partial charge on any atom is 0.252 e. The van der Waals surface area contributed by atoms with Gasteiger partial charge in [0, 0.05) is 35.8 Å². The molecule has 0 aliphatic rings. The number of carbonyl (C=O) groups excluding carboxylic acids is 2. The Kier molecular flexibility index (Phi) is 7.05. The number of carbonyl (C=O) groups is 2. The first-order chi connectivity index (χ1) is 13.9. The molecule has 3 N–H and O–H groups in total. The van der Waals surface area contributed by atoms with Crippen LogP contribution in [0.4, 0.5) is 0 Å². The standard InChI is InChI=1S/C20H23N5O2S2/c1-13-24-16(11-28-13)12-29-18-6-4-3-5-17(18)20(27)22-9-15(19(21)26)7-14-8-23-25(2)10-14/h3-6,8,10-11,15H,7,9,12H2,1-2H3,(H2,21,26)(H,22,27)/t15-/m0/s1. The third-order valence-corrected chi connectivity index (χ3v) is 6.26. The molecule has 7 nitrogen and oxygen atoms in total. The maximum atomic E-state index is 12.8. The summed E-state index contributed by atoms with van der Waals surface area (Å²) >= 11 is 3.18. The number of primary amides is 1. The minimum atomic E-state index is -0.499. The fourth-order valence-electron chi connectivity index (χ4n) is 2.85. The van der Waals surface area contributed by atoms with Gasteiger partial charge in [0.05, 0.1) is 28.4 Å². The largest absolute Gasteiger partial charge is 0.369 e. The molecule has 2 heterocycles. The second kappa shape index (κ2) is 9.71. The Morgan fingerprint density at radius 3 is 2.79 bits per heavy atom. The number of aromatic nitrogens is 3. The number of benzene rings is 1. The van der Waals surface area contributed by atoms with Crippen LogP contribution < -0.4 is 11.1 Å². The van der Waals surface area contributed by atoms with Crippen LogP contribution in [0.5, 0.6) is 0 Å². The lowest BCUT2D eigenvalue weighted by atomic mass is 10.0. The van der Waals surface area contributed by atoms with Gasteiger partial charge in [-0.05, 0) is 31.0 Å². The summed E-state index contributed by atoms with van der Waals surface area (Å²) in [5, 5.41) is 10.0. The van der Waals surface area contributed by atoms with Crippen LogP contribution in [0.25, 0.3) is 0 Å². The molecular weight excluding hydrogens is 406 g/mol. The molecule has 1 atom stereocenters. The van der Waals surface area contributed by atoms with Crippen LogP contribution in [-0.2, 0) is 24.0 Å². The monoisotopic (exact) mass is 429 g/mol. The molecule has 3 rings (SSSR count). The highest BCUT2D eigenvalue weighted by atomic mass is 32.2. The zero-order valence-electron chi connectivity index (χ0n) is 16.3. The Morgan fingerprint density at radius 2 is 2.14 bits per heavy atom. The summed E-state index contributed by atoms with van der Waals surface area (Å²) < 4.78 is 1.67. The molecule has 0 fully saturated rings. The third-order valence-electron chi connectivity index (χ3n) is 4.33. The van der Waals surface area contributed by atoms with Crippen LogP contribution in [0.3, 0.4) is 0 Å². The van der Waals surface area contributed by atoms with Gasteiger partial charge in [-0.2, -0.15) is 5.10 Å². The summed E-state index contributed by atoms with van der Waals surface area (Å²) in [4.78, 5) is 29.9. The van der Waals surface area contributed by atoms with Gasteiger partial charge in [-0.1, -0.05) is 12.1 Å². The Labute approximate surface area is 177 Å². The maximum absolute atomic E-state index is 12.8. The van der Waals surface area contributed by atoms with E-state index in [4.69, 9.17) is 5.73 Å². The summed E-state index contributed by atoms with van der Waals surface area (Å²) in [5.74, 6) is -0.476. The molecular formula is C20H23N5O2S2. The lowest BCUT2D eigenvalue weighted by Gasteiger charge is -2.15. The molecule has 0 saturated heterocycles. The van der Waals surface area contributed by atoms with E-state index >= 15 is 0 Å². The van der Waals surface area contributed by atoms with Crippen molar-refractivity contribution < 1.29 is 9.59 Å². The Hall–Kier alpha value is -2.65. The van der Waals surface area contributed by atoms with Crippen molar-refractivity contribution in [1.82, 2.24) is 20.1 Å². The highest BCUT2D eigenvalue weighted by Gasteiger charge is 2.19. The molecule has 0 saturated carbocycles. The van der Waals surface area contributed by atoms with Crippen molar-refractivity contribution in [2.75, 3.05) is 6.54 Å². The van der Waals surface area contributed by atoms with E-state index in [-0.39, 0.29) is 12.5 Å². The fourth-order valence-corrected chi connectivity index (χ4v) is 4.51. The topological polar surface area (TPSA) is 103 Å². The molecule has 3 aromatic rings. The van der Waals surface area contributed by atoms with Crippen molar-refractivity contribution in [2.24, 2.45) is 18.7 Å². The summed E-state index contributed by atoms with van der Waals surface area (Å²) in [6, 6.07) is 7.43. The molecule has 0 unspecified atom stereocenters. The van der Waals surface area contributed by atoms with Gasteiger partial charge in [-0.3, -0.25) is 14.3 Å². The Balaban J connectivity index is 1.62. The Bertz CT molecular complexity index is 998. The summed E-state index contributed by atoms with van der Waals surface area (Å²) in [6.45, 7) is 2.15. The smallest absolute Gasteiger partial charge is 0.252 e. The van der Waals surface area contributed by atoms with Crippen molar-refractivity contribution in [1.29, 1.82) is 0 Å². The first kappa shape index (κ1) is 21.1. The number of hydrogen-bond acceptors (Lipinski definition) is 6. The third kappa shape index (κ3) is 5.91. The van der Waals surface area contributed by atoms with Crippen LogP contribution >= 0.6 is 23.1 Å². The van der Waals surface area contributed by atoms with E-state index in [9.17, 15) is 9.59 Å². The number of thiazole rings is 1. The van der Waals surface area contributed by atoms with Crippen molar-refractivity contribution >= 4 is 34.9 Å². The van der Waals surface area contributed by atoms with Gasteiger partial charge >= 0.3 is 0 Å². The van der Waals surface area contributed by atoms with E-state index in [0.29, 0.717) is 17.7 Å². The number of nitrogens with one attached hydrogen (secondary N) is 1. The minimum Gasteiger partial charge on any atom is -0.369 e. The number of nitrogens with zero attached hydrogens (tertiary/aromatic N) is 3.